The minimum atomic E-state index is 1.23. The Balaban J connectivity index is 1.48. The van der Waals surface area contributed by atoms with E-state index in [9.17, 15) is 0 Å². The van der Waals surface area contributed by atoms with Crippen molar-refractivity contribution in [2.45, 2.75) is 9.10 Å². The predicted octanol–water partition coefficient (Wildman–Crippen LogP) is 7.80. The molecule has 0 N–H and O–H groups in total. The van der Waals surface area contributed by atoms with Gasteiger partial charge in [0.15, 0.2) is 0 Å². The summed E-state index contributed by atoms with van der Waals surface area (Å²) in [4.78, 5) is 5.23. The van der Waals surface area contributed by atoms with Gasteiger partial charge in [-0.05, 0) is 48.0 Å². The van der Waals surface area contributed by atoms with Gasteiger partial charge >= 0.3 is 0 Å². The summed E-state index contributed by atoms with van der Waals surface area (Å²) in [6, 6.07) is 29.8. The average molecular weight is 377 g/mol. The van der Waals surface area contributed by atoms with Gasteiger partial charge in [-0.15, -0.1) is 22.7 Å². The largest absolute Gasteiger partial charge is 0.135 e. The fourth-order valence-corrected chi connectivity index (χ4v) is 5.55. The number of thiophene rings is 2. The molecule has 0 saturated carbocycles. The van der Waals surface area contributed by atoms with Gasteiger partial charge < -0.3 is 0 Å². The zero-order valence-electron chi connectivity index (χ0n) is 13.5. The molecule has 122 valence electrons. The van der Waals surface area contributed by atoms with Gasteiger partial charge in [-0.2, -0.15) is 0 Å². The highest BCUT2D eigenvalue weighted by Gasteiger charge is 2.06. The number of benzene rings is 2. The first-order valence-corrected chi connectivity index (χ1v) is 10.5. The summed E-state index contributed by atoms with van der Waals surface area (Å²) in [5.74, 6) is 0. The van der Waals surface area contributed by atoms with Crippen LogP contribution in [0.25, 0.3) is 21.9 Å². The van der Waals surface area contributed by atoms with E-state index in [-0.39, 0.29) is 0 Å². The maximum absolute atomic E-state index is 2.23. The Morgan fingerprint density at radius 1 is 0.600 bits per heavy atom. The van der Waals surface area contributed by atoms with Gasteiger partial charge in [-0.3, -0.25) is 0 Å². The molecule has 2 aromatic heterocycles. The van der Waals surface area contributed by atoms with Crippen LogP contribution in [0.4, 0.5) is 0 Å². The fourth-order valence-electron chi connectivity index (χ4n) is 2.43. The summed E-state index contributed by atoms with van der Waals surface area (Å²) < 4.78 is 1.33. The lowest BCUT2D eigenvalue weighted by Gasteiger charge is -1.96. The van der Waals surface area contributed by atoms with E-state index in [1.807, 2.05) is 40.5 Å². The van der Waals surface area contributed by atoms with E-state index in [1.165, 1.54) is 29.3 Å². The van der Waals surface area contributed by atoms with Crippen molar-refractivity contribution >= 4 is 46.6 Å². The highest BCUT2D eigenvalue weighted by Crippen LogP contribution is 2.40. The van der Waals surface area contributed by atoms with Crippen LogP contribution in [0.2, 0.25) is 0 Å². The Morgan fingerprint density at radius 3 is 2.08 bits per heavy atom. The fraction of sp³-hybridized carbons (Fsp3) is 0. The molecule has 4 rings (SSSR count). The van der Waals surface area contributed by atoms with Crippen molar-refractivity contribution in [1.29, 1.82) is 0 Å². The van der Waals surface area contributed by atoms with E-state index >= 15 is 0 Å². The molecule has 0 atom stereocenters. The minimum absolute atomic E-state index is 1.23. The molecule has 0 aliphatic rings. The molecule has 2 aromatic carbocycles. The van der Waals surface area contributed by atoms with E-state index in [1.54, 1.807) is 0 Å². The zero-order chi connectivity index (χ0) is 16.9. The van der Waals surface area contributed by atoms with Crippen LogP contribution in [0.15, 0.2) is 94.0 Å². The van der Waals surface area contributed by atoms with Gasteiger partial charge in [0.2, 0.25) is 0 Å². The molecule has 3 heteroatoms. The molecule has 0 fully saturated rings. The van der Waals surface area contributed by atoms with Crippen molar-refractivity contribution < 1.29 is 0 Å². The monoisotopic (exact) mass is 376 g/mol. The summed E-state index contributed by atoms with van der Waals surface area (Å²) in [5.41, 5.74) is 1.23. The third kappa shape index (κ3) is 4.31. The summed E-state index contributed by atoms with van der Waals surface area (Å²) in [6.07, 6.45) is 4.36. The molecule has 0 nitrogen and oxygen atoms in total. The molecule has 0 amide bonds. The zero-order valence-corrected chi connectivity index (χ0v) is 15.9. The Labute approximate surface area is 160 Å². The molecule has 0 radical (unpaired) electrons. The quantitative estimate of drug-likeness (QED) is 0.342. The predicted molar refractivity (Wildman–Crippen MR) is 114 cm³/mol. The molecule has 25 heavy (non-hydrogen) atoms. The van der Waals surface area contributed by atoms with E-state index in [4.69, 9.17) is 0 Å². The third-order valence-corrected chi connectivity index (χ3v) is 7.12. The smallest absolute Gasteiger partial charge is 0.0653 e. The maximum Gasteiger partial charge on any atom is 0.0653 e. The topological polar surface area (TPSA) is 0 Å². The van der Waals surface area contributed by atoms with Gasteiger partial charge in [0, 0.05) is 19.5 Å². The minimum Gasteiger partial charge on any atom is -0.135 e. The van der Waals surface area contributed by atoms with E-state index in [2.05, 4.69) is 91.0 Å². The highest BCUT2D eigenvalue weighted by molar-refractivity contribution is 8.01. The first kappa shape index (κ1) is 16.4. The lowest BCUT2D eigenvalue weighted by molar-refractivity contribution is 1.46. The lowest BCUT2D eigenvalue weighted by atomic mass is 10.2. The third-order valence-electron chi connectivity index (χ3n) is 3.65. The second-order valence-electron chi connectivity index (χ2n) is 5.48. The molecule has 2 heterocycles. The summed E-state index contributed by atoms with van der Waals surface area (Å²) in [6.45, 7) is 0. The van der Waals surface area contributed by atoms with Gasteiger partial charge in [0.05, 0.1) is 4.21 Å². The normalized spacial score (nSPS) is 11.2. The molecule has 0 aliphatic carbocycles. The first-order chi connectivity index (χ1) is 12.4. The van der Waals surface area contributed by atoms with Crippen molar-refractivity contribution in [3.8, 4) is 9.75 Å². The Kier molecular flexibility index (Phi) is 5.17. The Bertz CT molecular complexity index is 963. The molecule has 0 unspecified atom stereocenters. The van der Waals surface area contributed by atoms with E-state index < -0.39 is 0 Å². The van der Waals surface area contributed by atoms with Crippen LogP contribution in [0, 0.1) is 0 Å². The van der Waals surface area contributed by atoms with Gasteiger partial charge in [-0.25, -0.2) is 0 Å². The van der Waals surface area contributed by atoms with Gasteiger partial charge in [-0.1, -0.05) is 66.4 Å². The van der Waals surface area contributed by atoms with Crippen molar-refractivity contribution in [1.82, 2.24) is 0 Å². The average Bonchev–Trinajstić information content (AvgIpc) is 3.31. The van der Waals surface area contributed by atoms with Crippen LogP contribution in [0.5, 0.6) is 0 Å². The highest BCUT2D eigenvalue weighted by atomic mass is 32.2. The SMILES string of the molecule is C(=C\c1ccc(-c2ccc(Sc3ccccc3)s2)s1)/c1ccccc1. The molecule has 4 aromatic rings. The second kappa shape index (κ2) is 7.87. The van der Waals surface area contributed by atoms with Crippen LogP contribution >= 0.6 is 34.4 Å². The molecular weight excluding hydrogens is 360 g/mol. The summed E-state index contributed by atoms with van der Waals surface area (Å²) in [7, 11) is 0. The number of hydrogen-bond acceptors (Lipinski definition) is 3. The van der Waals surface area contributed by atoms with Gasteiger partial charge in [0.25, 0.3) is 0 Å². The molecule has 0 aliphatic heterocycles. The second-order valence-corrected chi connectivity index (χ2v) is 9.05. The van der Waals surface area contributed by atoms with Crippen LogP contribution in [0.1, 0.15) is 10.4 Å². The lowest BCUT2D eigenvalue weighted by Crippen LogP contribution is -1.67. The van der Waals surface area contributed by atoms with Crippen molar-refractivity contribution in [3.63, 3.8) is 0 Å². The summed E-state index contributed by atoms with van der Waals surface area (Å²) >= 11 is 5.52. The molecule has 0 saturated heterocycles. The summed E-state index contributed by atoms with van der Waals surface area (Å²) in [5, 5.41) is 0. The molecule has 0 spiro atoms. The molecule has 0 bridgehead atoms. The number of rotatable bonds is 5. The maximum atomic E-state index is 2.23. The Morgan fingerprint density at radius 2 is 1.28 bits per heavy atom. The van der Waals surface area contributed by atoms with Crippen molar-refractivity contribution in [2.75, 3.05) is 0 Å². The van der Waals surface area contributed by atoms with E-state index in [0.717, 1.165) is 0 Å². The molecular formula is C22H16S3. The Hall–Kier alpha value is -2.07. The van der Waals surface area contributed by atoms with Crippen LogP contribution in [-0.4, -0.2) is 0 Å². The van der Waals surface area contributed by atoms with Crippen LogP contribution in [0.3, 0.4) is 0 Å². The number of hydrogen-bond donors (Lipinski definition) is 0. The van der Waals surface area contributed by atoms with Crippen LogP contribution < -0.4 is 0 Å². The first-order valence-electron chi connectivity index (χ1n) is 8.03. The standard InChI is InChI=1S/C22H16S3/c1-3-7-17(8-4-1)11-12-19-13-14-20(23-19)21-15-16-22(25-21)24-18-9-5-2-6-10-18/h1-16H/b12-11+. The van der Waals surface area contributed by atoms with E-state index in [0.29, 0.717) is 0 Å². The van der Waals surface area contributed by atoms with Crippen molar-refractivity contribution in [2.24, 2.45) is 0 Å². The van der Waals surface area contributed by atoms with Crippen molar-refractivity contribution in [3.05, 3.63) is 95.4 Å². The van der Waals surface area contributed by atoms with Gasteiger partial charge in [0.1, 0.15) is 0 Å². The van der Waals surface area contributed by atoms with Crippen LogP contribution in [-0.2, 0) is 0 Å².